The molecule has 13 heteroatoms. The summed E-state index contributed by atoms with van der Waals surface area (Å²) in [6.45, 7) is -0.537. The van der Waals surface area contributed by atoms with Gasteiger partial charge in [0.25, 0.3) is 5.91 Å². The molecule has 3 aromatic carbocycles. The molecular weight excluding hydrogens is 590 g/mol. The molecule has 13 nitrogen and oxygen atoms in total. The Hall–Kier alpha value is -5.24. The van der Waals surface area contributed by atoms with Crippen LogP contribution in [0.2, 0.25) is 0 Å². The monoisotopic (exact) mass is 621 g/mol. The molecule has 0 radical (unpaired) electrons. The van der Waals surface area contributed by atoms with Gasteiger partial charge in [-0.15, -0.1) is 0 Å². The number of phenolic OH excluding ortho intramolecular Hbond substituents is 2. The lowest BCUT2D eigenvalue weighted by Gasteiger charge is -2.17. The Bertz CT molecular complexity index is 1800. The summed E-state index contributed by atoms with van der Waals surface area (Å²) in [7, 11) is 0. The maximum atomic E-state index is 13.0. The van der Waals surface area contributed by atoms with E-state index in [2.05, 4.69) is 0 Å². The van der Waals surface area contributed by atoms with Gasteiger partial charge in [0.2, 0.25) is 5.43 Å². The van der Waals surface area contributed by atoms with Crippen LogP contribution < -0.4 is 15.9 Å². The molecule has 0 saturated heterocycles. The number of fused-ring (bicyclic) bond motifs is 1. The summed E-state index contributed by atoms with van der Waals surface area (Å²) in [4.78, 5) is 49.4. The molecule has 0 fully saturated rings. The highest BCUT2D eigenvalue weighted by Gasteiger charge is 2.22. The highest BCUT2D eigenvalue weighted by Crippen LogP contribution is 2.31. The van der Waals surface area contributed by atoms with E-state index in [0.29, 0.717) is 5.56 Å². The van der Waals surface area contributed by atoms with E-state index in [4.69, 9.17) is 14.9 Å². The van der Waals surface area contributed by atoms with Gasteiger partial charge in [0, 0.05) is 37.0 Å². The van der Waals surface area contributed by atoms with E-state index in [0.717, 1.165) is 6.07 Å². The predicted octanol–water partition coefficient (Wildman–Crippen LogP) is 2.17. The Labute approximate surface area is 255 Å². The molecule has 4 aromatic rings. The van der Waals surface area contributed by atoms with E-state index < -0.39 is 53.4 Å². The molecule has 0 aliphatic carbocycles. The molecule has 1 aromatic heterocycles. The van der Waals surface area contributed by atoms with Crippen LogP contribution in [0, 0.1) is 0 Å². The lowest BCUT2D eigenvalue weighted by molar-refractivity contribution is -0.135. The number of rotatable bonds is 13. The summed E-state index contributed by atoms with van der Waals surface area (Å²) in [6, 6.07) is 10.9. The minimum atomic E-state index is -1.38. The molecule has 1 heterocycles. The lowest BCUT2D eigenvalue weighted by atomic mass is 9.96. The van der Waals surface area contributed by atoms with Crippen molar-refractivity contribution < 1.29 is 54.2 Å². The molecule has 0 spiro atoms. The third-order valence-electron chi connectivity index (χ3n) is 7.20. The highest BCUT2D eigenvalue weighted by atomic mass is 16.5. The van der Waals surface area contributed by atoms with E-state index in [1.54, 1.807) is 0 Å². The van der Waals surface area contributed by atoms with E-state index in [1.807, 2.05) is 0 Å². The topological polar surface area (TPSA) is 238 Å². The molecule has 8 N–H and O–H groups in total. The van der Waals surface area contributed by atoms with Gasteiger partial charge in [0.1, 0.15) is 46.0 Å². The Morgan fingerprint density at radius 2 is 1.53 bits per heavy atom. The number of primary amides is 1. The second-order valence-corrected chi connectivity index (χ2v) is 10.4. The van der Waals surface area contributed by atoms with Crippen LogP contribution in [0.15, 0.2) is 64.0 Å². The SMILES string of the molecule is NC(=O)c1c(CO)ccc(CC(=O)CCC(O)C(O)CCC(=O)Oc2cc(O)c3c(=O)c(-c4ccc(O)cc4)coc3c2)c1O. The summed E-state index contributed by atoms with van der Waals surface area (Å²) < 4.78 is 10.7. The Kier molecular flexibility index (Phi) is 10.2. The maximum absolute atomic E-state index is 13.0. The number of aliphatic hydroxyl groups is 3. The minimum Gasteiger partial charge on any atom is -0.508 e. The fourth-order valence-electron chi connectivity index (χ4n) is 4.78. The van der Waals surface area contributed by atoms with Crippen molar-refractivity contribution in [3.8, 4) is 34.1 Å². The normalized spacial score (nSPS) is 12.5. The molecule has 45 heavy (non-hydrogen) atoms. The van der Waals surface area contributed by atoms with Crippen molar-refractivity contribution in [3.63, 3.8) is 0 Å². The average Bonchev–Trinajstić information content (AvgIpc) is 2.99. The van der Waals surface area contributed by atoms with Crippen molar-refractivity contribution in [2.75, 3.05) is 0 Å². The molecule has 0 saturated carbocycles. The number of benzene rings is 3. The van der Waals surface area contributed by atoms with Crippen molar-refractivity contribution >= 4 is 28.6 Å². The van der Waals surface area contributed by atoms with Crippen molar-refractivity contribution in [1.82, 2.24) is 0 Å². The number of carbonyl (C=O) groups is 3. The number of carbonyl (C=O) groups excluding carboxylic acids is 3. The third-order valence-corrected chi connectivity index (χ3v) is 7.20. The highest BCUT2D eigenvalue weighted by molar-refractivity contribution is 5.98. The first-order chi connectivity index (χ1) is 21.4. The molecule has 1 amide bonds. The van der Waals surface area contributed by atoms with Gasteiger partial charge in [-0.1, -0.05) is 24.3 Å². The van der Waals surface area contributed by atoms with E-state index >= 15 is 0 Å². The number of Topliss-reactive ketones (excluding diaryl/α,β-unsaturated/α-hetero) is 1. The number of phenols is 3. The number of nitrogens with two attached hydrogens (primary N) is 1. The summed E-state index contributed by atoms with van der Waals surface area (Å²) in [5, 5.41) is 60.1. The first kappa shape index (κ1) is 32.7. The first-order valence-corrected chi connectivity index (χ1v) is 13.8. The van der Waals surface area contributed by atoms with Crippen LogP contribution in [0.5, 0.6) is 23.0 Å². The van der Waals surface area contributed by atoms with Gasteiger partial charge in [-0.25, -0.2) is 0 Å². The molecule has 2 unspecified atom stereocenters. The molecule has 0 aliphatic heterocycles. The zero-order chi connectivity index (χ0) is 32.8. The van der Waals surface area contributed by atoms with Crippen molar-refractivity contribution in [2.45, 2.75) is 50.9 Å². The number of ether oxygens (including phenoxy) is 1. The number of aliphatic hydroxyl groups excluding tert-OH is 3. The second kappa shape index (κ2) is 14.0. The average molecular weight is 622 g/mol. The van der Waals surface area contributed by atoms with Gasteiger partial charge in [0.05, 0.1) is 29.9 Å². The molecular formula is C32H31NO12. The van der Waals surface area contributed by atoms with Crippen LogP contribution in [0.25, 0.3) is 22.1 Å². The quantitative estimate of drug-likeness (QED) is 0.0840. The zero-order valence-electron chi connectivity index (χ0n) is 23.8. The molecule has 236 valence electrons. The lowest BCUT2D eigenvalue weighted by Crippen LogP contribution is -2.28. The molecule has 2 atom stereocenters. The Balaban J connectivity index is 1.30. The van der Waals surface area contributed by atoms with E-state index in [1.165, 1.54) is 48.7 Å². The van der Waals surface area contributed by atoms with E-state index in [9.17, 15) is 49.8 Å². The van der Waals surface area contributed by atoms with Gasteiger partial charge < -0.3 is 45.5 Å². The van der Waals surface area contributed by atoms with Crippen LogP contribution in [0.1, 0.15) is 47.2 Å². The van der Waals surface area contributed by atoms with Crippen LogP contribution in [-0.4, -0.2) is 60.5 Å². The fraction of sp³-hybridized carbons (Fsp3) is 0.250. The zero-order valence-corrected chi connectivity index (χ0v) is 23.8. The smallest absolute Gasteiger partial charge is 0.311 e. The number of esters is 1. The van der Waals surface area contributed by atoms with Crippen LogP contribution >= 0.6 is 0 Å². The third kappa shape index (κ3) is 7.65. The molecule has 0 aliphatic rings. The summed E-state index contributed by atoms with van der Waals surface area (Å²) in [5.41, 5.74) is 5.20. The molecule has 4 rings (SSSR count). The van der Waals surface area contributed by atoms with Crippen LogP contribution in [0.4, 0.5) is 0 Å². The number of hydrogen-bond acceptors (Lipinski definition) is 12. The van der Waals surface area contributed by atoms with Crippen molar-refractivity contribution in [2.24, 2.45) is 5.73 Å². The second-order valence-electron chi connectivity index (χ2n) is 10.4. The predicted molar refractivity (Wildman–Crippen MR) is 159 cm³/mol. The van der Waals surface area contributed by atoms with Gasteiger partial charge in [-0.05, 0) is 36.1 Å². The van der Waals surface area contributed by atoms with Gasteiger partial charge >= 0.3 is 5.97 Å². The Morgan fingerprint density at radius 3 is 2.18 bits per heavy atom. The number of amides is 1. The summed E-state index contributed by atoms with van der Waals surface area (Å²) in [6.07, 6.45) is -2.76. The molecule has 0 bridgehead atoms. The number of aromatic hydroxyl groups is 3. The van der Waals surface area contributed by atoms with Crippen molar-refractivity contribution in [1.29, 1.82) is 0 Å². The Morgan fingerprint density at radius 1 is 0.889 bits per heavy atom. The summed E-state index contributed by atoms with van der Waals surface area (Å²) >= 11 is 0. The standard InChI is InChI=1S/C32H31NO12/c33-32(43)28-18(14-34)2-1-17(30(28)41)11-20(36)7-8-23(37)24(38)9-10-27(40)45-21-12-25(39)29-26(13-21)44-15-22(31(29)42)16-3-5-19(35)6-4-16/h1-6,12-13,15,23-24,34-35,37-39,41H,7-11,14H2,(H2,33,43). The first-order valence-electron chi connectivity index (χ1n) is 13.8. The largest absolute Gasteiger partial charge is 0.508 e. The summed E-state index contributed by atoms with van der Waals surface area (Å²) in [5.74, 6) is -3.31. The number of hydrogen-bond donors (Lipinski definition) is 7. The maximum Gasteiger partial charge on any atom is 0.311 e. The van der Waals surface area contributed by atoms with Crippen molar-refractivity contribution in [3.05, 3.63) is 81.7 Å². The van der Waals surface area contributed by atoms with Gasteiger partial charge in [-0.3, -0.25) is 19.2 Å². The van der Waals surface area contributed by atoms with Crippen LogP contribution in [0.3, 0.4) is 0 Å². The minimum absolute atomic E-state index is 0.0116. The van der Waals surface area contributed by atoms with Crippen LogP contribution in [-0.2, 0) is 22.6 Å². The van der Waals surface area contributed by atoms with E-state index in [-0.39, 0.29) is 76.8 Å². The number of ketones is 1. The fourth-order valence-corrected chi connectivity index (χ4v) is 4.78. The van der Waals surface area contributed by atoms with Gasteiger partial charge in [-0.2, -0.15) is 0 Å². The van der Waals surface area contributed by atoms with Gasteiger partial charge in [0.15, 0.2) is 0 Å².